The lowest BCUT2D eigenvalue weighted by Crippen LogP contribution is -2.34. The Morgan fingerprint density at radius 3 is 2.46 bits per heavy atom. The lowest BCUT2D eigenvalue weighted by Gasteiger charge is -2.34. The molecule has 0 bridgehead atoms. The molecule has 0 amide bonds. The second-order valence-electron chi connectivity index (χ2n) is 6.84. The van der Waals surface area contributed by atoms with Crippen molar-refractivity contribution in [3.8, 4) is 11.5 Å². The van der Waals surface area contributed by atoms with Crippen molar-refractivity contribution < 1.29 is 4.74 Å². The molecule has 1 unspecified atom stereocenters. The van der Waals surface area contributed by atoms with Gasteiger partial charge < -0.3 is 15.0 Å². The molecule has 1 atom stereocenters. The van der Waals surface area contributed by atoms with Gasteiger partial charge in [0, 0.05) is 35.6 Å². The van der Waals surface area contributed by atoms with E-state index in [9.17, 15) is 0 Å². The number of aromatic nitrogens is 2. The quantitative estimate of drug-likeness (QED) is 0.609. The summed E-state index contributed by atoms with van der Waals surface area (Å²) in [7, 11) is 0. The molecule has 1 aliphatic rings. The first kappa shape index (κ1) is 18.6. The standard InChI is InChI=1S/C22H23ClN4O/c1-3-27-13-12-21(20-14-24-15(2)25-22(20)27)26-17-6-10-19(11-7-17)28-18-8-4-16(23)5-9-18/h4-11,14,21,26H,3,12-13H2,1-2H3. The normalized spacial score (nSPS) is 15.8. The van der Waals surface area contributed by atoms with Gasteiger partial charge in [0.05, 0.1) is 6.04 Å². The third-order valence-corrected chi connectivity index (χ3v) is 5.16. The fraction of sp³-hybridized carbons (Fsp3) is 0.273. The van der Waals surface area contributed by atoms with Crippen molar-refractivity contribution in [2.24, 2.45) is 0 Å². The second-order valence-corrected chi connectivity index (χ2v) is 7.28. The summed E-state index contributed by atoms with van der Waals surface area (Å²) in [5, 5.41) is 4.31. The summed E-state index contributed by atoms with van der Waals surface area (Å²) in [6.07, 6.45) is 2.96. The summed E-state index contributed by atoms with van der Waals surface area (Å²) in [4.78, 5) is 11.4. The highest BCUT2D eigenvalue weighted by Gasteiger charge is 2.26. The number of hydrogen-bond acceptors (Lipinski definition) is 5. The van der Waals surface area contributed by atoms with Crippen molar-refractivity contribution in [2.75, 3.05) is 23.3 Å². The first-order valence-electron chi connectivity index (χ1n) is 9.51. The number of rotatable bonds is 5. The highest BCUT2D eigenvalue weighted by Crippen LogP contribution is 2.34. The Labute approximate surface area is 170 Å². The summed E-state index contributed by atoms with van der Waals surface area (Å²) >= 11 is 5.92. The number of nitrogens with one attached hydrogen (secondary N) is 1. The molecule has 0 radical (unpaired) electrons. The van der Waals surface area contributed by atoms with Crippen molar-refractivity contribution in [3.63, 3.8) is 0 Å². The van der Waals surface area contributed by atoms with Crippen LogP contribution in [0.5, 0.6) is 11.5 Å². The molecule has 144 valence electrons. The van der Waals surface area contributed by atoms with Crippen LogP contribution in [0.2, 0.25) is 5.02 Å². The first-order valence-corrected chi connectivity index (χ1v) is 9.88. The summed E-state index contributed by atoms with van der Waals surface area (Å²) < 4.78 is 5.86. The van der Waals surface area contributed by atoms with Crippen molar-refractivity contribution >= 4 is 23.1 Å². The van der Waals surface area contributed by atoms with Crippen molar-refractivity contribution in [1.82, 2.24) is 9.97 Å². The average molecular weight is 395 g/mol. The summed E-state index contributed by atoms with van der Waals surface area (Å²) in [6.45, 7) is 6.03. The summed E-state index contributed by atoms with van der Waals surface area (Å²) in [6, 6.07) is 15.5. The highest BCUT2D eigenvalue weighted by molar-refractivity contribution is 6.30. The molecule has 0 saturated heterocycles. The summed E-state index contributed by atoms with van der Waals surface area (Å²) in [5.74, 6) is 3.40. The smallest absolute Gasteiger partial charge is 0.137 e. The number of aryl methyl sites for hydroxylation is 1. The Morgan fingerprint density at radius 1 is 1.11 bits per heavy atom. The molecule has 6 heteroatoms. The molecule has 2 aromatic carbocycles. The Hall–Kier alpha value is -2.79. The van der Waals surface area contributed by atoms with Gasteiger partial charge in [-0.1, -0.05) is 11.6 Å². The van der Waals surface area contributed by atoms with Crippen molar-refractivity contribution in [3.05, 3.63) is 71.1 Å². The zero-order valence-corrected chi connectivity index (χ0v) is 16.8. The van der Waals surface area contributed by atoms with Crippen LogP contribution in [-0.4, -0.2) is 23.1 Å². The van der Waals surface area contributed by atoms with E-state index in [1.807, 2.05) is 61.7 Å². The highest BCUT2D eigenvalue weighted by atomic mass is 35.5. The van der Waals surface area contributed by atoms with Crippen LogP contribution in [-0.2, 0) is 0 Å². The predicted molar refractivity (Wildman–Crippen MR) is 114 cm³/mol. The fourth-order valence-electron chi connectivity index (χ4n) is 3.43. The van der Waals surface area contributed by atoms with E-state index in [1.165, 1.54) is 0 Å². The molecule has 0 aliphatic carbocycles. The largest absolute Gasteiger partial charge is 0.457 e. The topological polar surface area (TPSA) is 50.3 Å². The van der Waals surface area contributed by atoms with Crippen molar-refractivity contribution in [1.29, 1.82) is 0 Å². The predicted octanol–water partition coefficient (Wildman–Crippen LogP) is 5.61. The van der Waals surface area contributed by atoms with E-state index >= 15 is 0 Å². The minimum Gasteiger partial charge on any atom is -0.457 e. The number of benzene rings is 2. The molecule has 1 aliphatic heterocycles. The van der Waals surface area contributed by atoms with E-state index in [0.717, 1.165) is 53.9 Å². The minimum absolute atomic E-state index is 0.196. The second kappa shape index (κ2) is 8.07. The molecule has 0 saturated carbocycles. The van der Waals surface area contributed by atoms with Gasteiger partial charge in [0.25, 0.3) is 0 Å². The van der Waals surface area contributed by atoms with Crippen LogP contribution in [0.1, 0.15) is 30.8 Å². The molecular weight excluding hydrogens is 372 g/mol. The zero-order valence-electron chi connectivity index (χ0n) is 16.0. The number of ether oxygens (including phenoxy) is 1. The van der Waals surface area contributed by atoms with Gasteiger partial charge in [0.2, 0.25) is 0 Å². The molecule has 28 heavy (non-hydrogen) atoms. The van der Waals surface area contributed by atoms with Crippen LogP contribution in [0.3, 0.4) is 0 Å². The Morgan fingerprint density at radius 2 is 1.79 bits per heavy atom. The lowest BCUT2D eigenvalue weighted by atomic mass is 10.0. The van der Waals surface area contributed by atoms with Crippen LogP contribution in [0.25, 0.3) is 0 Å². The zero-order chi connectivity index (χ0) is 19.5. The fourth-order valence-corrected chi connectivity index (χ4v) is 3.56. The Kier molecular flexibility index (Phi) is 5.35. The van der Waals surface area contributed by atoms with Gasteiger partial charge in [-0.2, -0.15) is 0 Å². The monoisotopic (exact) mass is 394 g/mol. The maximum atomic E-state index is 5.92. The minimum atomic E-state index is 0.196. The van der Waals surface area contributed by atoms with Crippen LogP contribution >= 0.6 is 11.6 Å². The van der Waals surface area contributed by atoms with E-state index in [-0.39, 0.29) is 6.04 Å². The number of hydrogen-bond donors (Lipinski definition) is 1. The first-order chi connectivity index (χ1) is 13.6. The van der Waals surface area contributed by atoms with Gasteiger partial charge in [-0.05, 0) is 68.8 Å². The van der Waals surface area contributed by atoms with Gasteiger partial charge in [-0.3, -0.25) is 0 Å². The average Bonchev–Trinajstić information content (AvgIpc) is 2.71. The Bertz CT molecular complexity index is 944. The lowest BCUT2D eigenvalue weighted by molar-refractivity contribution is 0.482. The number of halogens is 1. The molecule has 1 N–H and O–H groups in total. The molecule has 5 nitrogen and oxygen atoms in total. The maximum Gasteiger partial charge on any atom is 0.137 e. The van der Waals surface area contributed by atoms with Gasteiger partial charge in [0.15, 0.2) is 0 Å². The van der Waals surface area contributed by atoms with Crippen LogP contribution in [0.15, 0.2) is 54.7 Å². The van der Waals surface area contributed by atoms with E-state index in [2.05, 4.69) is 27.1 Å². The number of nitrogens with zero attached hydrogens (tertiary/aromatic N) is 3. The van der Waals surface area contributed by atoms with Gasteiger partial charge in [-0.15, -0.1) is 0 Å². The van der Waals surface area contributed by atoms with Gasteiger partial charge in [0.1, 0.15) is 23.1 Å². The van der Waals surface area contributed by atoms with Crippen molar-refractivity contribution in [2.45, 2.75) is 26.3 Å². The van der Waals surface area contributed by atoms with Crippen LogP contribution in [0, 0.1) is 6.92 Å². The van der Waals surface area contributed by atoms with Crippen LogP contribution < -0.4 is 15.0 Å². The number of fused-ring (bicyclic) bond motifs is 1. The molecule has 3 aromatic rings. The molecule has 1 aromatic heterocycles. The molecule has 0 spiro atoms. The van der Waals surface area contributed by atoms with Crippen LogP contribution in [0.4, 0.5) is 11.5 Å². The molecule has 2 heterocycles. The van der Waals surface area contributed by atoms with E-state index in [1.54, 1.807) is 0 Å². The summed E-state index contributed by atoms with van der Waals surface area (Å²) in [5.41, 5.74) is 2.20. The molecular formula is C22H23ClN4O. The van der Waals surface area contributed by atoms with E-state index in [4.69, 9.17) is 16.3 Å². The van der Waals surface area contributed by atoms with E-state index < -0.39 is 0 Å². The number of anilines is 2. The SMILES string of the molecule is CCN1CCC(Nc2ccc(Oc3ccc(Cl)cc3)cc2)c2cnc(C)nc21. The Balaban J connectivity index is 1.48. The molecule has 4 rings (SSSR count). The third-order valence-electron chi connectivity index (χ3n) is 4.91. The van der Waals surface area contributed by atoms with E-state index in [0.29, 0.717) is 5.02 Å². The third kappa shape index (κ3) is 4.04. The maximum absolute atomic E-state index is 5.92. The van der Waals surface area contributed by atoms with Gasteiger partial charge >= 0.3 is 0 Å². The van der Waals surface area contributed by atoms with Gasteiger partial charge in [-0.25, -0.2) is 9.97 Å². The molecule has 0 fully saturated rings.